The summed E-state index contributed by atoms with van der Waals surface area (Å²) >= 11 is 0. The van der Waals surface area contributed by atoms with Crippen molar-refractivity contribution in [1.29, 1.82) is 0 Å². The maximum atomic E-state index is 14.6. The lowest BCUT2D eigenvalue weighted by Crippen LogP contribution is -2.48. The maximum absolute atomic E-state index is 14.6. The van der Waals surface area contributed by atoms with E-state index in [1.54, 1.807) is 0 Å². The molecule has 0 spiro atoms. The number of hydrogen-bond donors (Lipinski definition) is 0. The molecule has 0 amide bonds. The molecule has 1 aromatic carbocycles. The minimum Gasteiger partial charge on any atom is -0.431 e. The van der Waals surface area contributed by atoms with Gasteiger partial charge in [0.15, 0.2) is 6.10 Å². The molecule has 1 saturated heterocycles. The van der Waals surface area contributed by atoms with Crippen LogP contribution in [0.15, 0.2) is 18.2 Å². The first-order valence-corrected chi connectivity index (χ1v) is 11.4. The Balaban J connectivity index is 1.51. The van der Waals surface area contributed by atoms with Gasteiger partial charge < -0.3 is 14.2 Å². The van der Waals surface area contributed by atoms with Crippen molar-refractivity contribution in [3.8, 4) is 5.75 Å². The van der Waals surface area contributed by atoms with Gasteiger partial charge in [-0.15, -0.1) is 0 Å². The third-order valence-electron chi connectivity index (χ3n) is 6.45. The Morgan fingerprint density at radius 1 is 0.912 bits per heavy atom. The highest BCUT2D eigenvalue weighted by molar-refractivity contribution is 5.30. The molecule has 194 valence electrons. The minimum atomic E-state index is -4.98. The number of hydrogen-bond acceptors (Lipinski definition) is 3. The second-order valence-corrected chi connectivity index (χ2v) is 9.01. The molecule has 2 atom stereocenters. The molecule has 2 fully saturated rings. The van der Waals surface area contributed by atoms with E-state index in [9.17, 15) is 35.1 Å². The standard InChI is InChI=1S/C23H28F8O3/c1-2-3-14-4-6-15(7-5-14)22(28,29)34-17-9-11-20(32-13-17)23(30,31)33-16-8-10-18(19(24)12-16)21(25,26)27/h8,10,12,14-15,17,20H,2-7,9,11,13H2,1H3. The van der Waals surface area contributed by atoms with Crippen LogP contribution in [-0.4, -0.2) is 31.0 Å². The molecule has 1 aromatic rings. The zero-order valence-corrected chi connectivity index (χ0v) is 18.7. The van der Waals surface area contributed by atoms with Crippen LogP contribution in [0.5, 0.6) is 5.75 Å². The topological polar surface area (TPSA) is 27.7 Å². The molecule has 2 aliphatic rings. The molecular formula is C23H28F8O3. The molecule has 2 unspecified atom stereocenters. The molecule has 11 heteroatoms. The maximum Gasteiger partial charge on any atom is 0.424 e. The number of alkyl halides is 7. The second-order valence-electron chi connectivity index (χ2n) is 9.01. The van der Waals surface area contributed by atoms with Gasteiger partial charge in [-0.3, -0.25) is 0 Å². The SMILES string of the molecule is CCCC1CCC(C(F)(F)OC2CCC(C(F)(F)Oc3ccc(C(F)(F)F)c(F)c3)OC2)CC1. The number of rotatable bonds is 8. The summed E-state index contributed by atoms with van der Waals surface area (Å²) in [6, 6.07) is 1.08. The van der Waals surface area contributed by atoms with Crippen molar-refractivity contribution in [3.63, 3.8) is 0 Å². The molecule has 1 heterocycles. The second kappa shape index (κ2) is 10.6. The van der Waals surface area contributed by atoms with Gasteiger partial charge >= 0.3 is 18.4 Å². The minimum absolute atomic E-state index is 0.147. The summed E-state index contributed by atoms with van der Waals surface area (Å²) < 4.78 is 124. The fourth-order valence-corrected chi connectivity index (χ4v) is 4.61. The van der Waals surface area contributed by atoms with Gasteiger partial charge in [-0.25, -0.2) is 4.39 Å². The summed E-state index contributed by atoms with van der Waals surface area (Å²) in [6.45, 7) is 1.53. The van der Waals surface area contributed by atoms with Crippen LogP contribution in [0.2, 0.25) is 0 Å². The van der Waals surface area contributed by atoms with E-state index in [1.807, 2.05) is 0 Å². The number of halogens is 8. The summed E-state index contributed by atoms with van der Waals surface area (Å²) in [5, 5.41) is 0. The van der Waals surface area contributed by atoms with Crippen LogP contribution >= 0.6 is 0 Å². The summed E-state index contributed by atoms with van der Waals surface area (Å²) in [4.78, 5) is 0. The van der Waals surface area contributed by atoms with Crippen LogP contribution < -0.4 is 4.74 Å². The Hall–Kier alpha value is -1.62. The normalized spacial score (nSPS) is 27.0. The van der Waals surface area contributed by atoms with Crippen LogP contribution in [-0.2, 0) is 15.7 Å². The Morgan fingerprint density at radius 3 is 2.12 bits per heavy atom. The van der Waals surface area contributed by atoms with Crippen molar-refractivity contribution in [1.82, 2.24) is 0 Å². The smallest absolute Gasteiger partial charge is 0.424 e. The van der Waals surface area contributed by atoms with Gasteiger partial charge in [0.25, 0.3) is 0 Å². The van der Waals surface area contributed by atoms with Crippen LogP contribution in [0.4, 0.5) is 35.1 Å². The molecule has 34 heavy (non-hydrogen) atoms. The van der Waals surface area contributed by atoms with Crippen molar-refractivity contribution >= 4 is 0 Å². The van der Waals surface area contributed by atoms with E-state index in [4.69, 9.17) is 9.47 Å². The molecular weight excluding hydrogens is 476 g/mol. The van der Waals surface area contributed by atoms with Crippen molar-refractivity contribution in [3.05, 3.63) is 29.6 Å². The van der Waals surface area contributed by atoms with Crippen LogP contribution in [0, 0.1) is 17.7 Å². The van der Waals surface area contributed by atoms with Crippen LogP contribution in [0.3, 0.4) is 0 Å². The molecule has 3 nitrogen and oxygen atoms in total. The lowest BCUT2D eigenvalue weighted by atomic mass is 9.79. The summed E-state index contributed by atoms with van der Waals surface area (Å²) in [5.74, 6) is -3.07. The third-order valence-corrected chi connectivity index (χ3v) is 6.45. The fourth-order valence-electron chi connectivity index (χ4n) is 4.61. The Bertz CT molecular complexity index is 798. The van der Waals surface area contributed by atoms with E-state index in [0.717, 1.165) is 12.8 Å². The summed E-state index contributed by atoms with van der Waals surface area (Å²) in [6.07, 6.45) is -11.8. The molecule has 1 aliphatic heterocycles. The first kappa shape index (κ1) is 27.0. The van der Waals surface area contributed by atoms with E-state index in [-0.39, 0.29) is 18.9 Å². The highest BCUT2D eigenvalue weighted by atomic mass is 19.4. The molecule has 3 rings (SSSR count). The average molecular weight is 504 g/mol. The van der Waals surface area contributed by atoms with Crippen LogP contribution in [0.25, 0.3) is 0 Å². The van der Waals surface area contributed by atoms with Crippen molar-refractivity contribution in [2.75, 3.05) is 6.61 Å². The largest absolute Gasteiger partial charge is 0.431 e. The predicted molar refractivity (Wildman–Crippen MR) is 106 cm³/mol. The Morgan fingerprint density at radius 2 is 1.59 bits per heavy atom. The Kier molecular flexibility index (Phi) is 8.38. The number of ether oxygens (including phenoxy) is 3. The lowest BCUT2D eigenvalue weighted by Gasteiger charge is -2.38. The predicted octanol–water partition coefficient (Wildman–Crippen LogP) is 7.58. The van der Waals surface area contributed by atoms with E-state index in [2.05, 4.69) is 11.7 Å². The third kappa shape index (κ3) is 6.74. The van der Waals surface area contributed by atoms with Crippen molar-refractivity contribution in [2.24, 2.45) is 11.8 Å². The van der Waals surface area contributed by atoms with E-state index in [0.29, 0.717) is 43.7 Å². The van der Waals surface area contributed by atoms with E-state index in [1.165, 1.54) is 0 Å². The quantitative estimate of drug-likeness (QED) is 0.342. The summed E-state index contributed by atoms with van der Waals surface area (Å²) in [5.41, 5.74) is -1.61. The fraction of sp³-hybridized carbons (Fsp3) is 0.739. The summed E-state index contributed by atoms with van der Waals surface area (Å²) in [7, 11) is 0. The number of benzene rings is 1. The van der Waals surface area contributed by atoms with Gasteiger partial charge in [0.05, 0.1) is 24.2 Å². The zero-order chi connectivity index (χ0) is 25.1. The molecule has 1 saturated carbocycles. The average Bonchev–Trinajstić information content (AvgIpc) is 2.73. The highest BCUT2D eigenvalue weighted by Gasteiger charge is 2.49. The molecule has 0 N–H and O–H groups in total. The zero-order valence-electron chi connectivity index (χ0n) is 18.7. The van der Waals surface area contributed by atoms with Gasteiger partial charge in [-0.2, -0.15) is 30.7 Å². The van der Waals surface area contributed by atoms with Gasteiger partial charge in [-0.1, -0.05) is 19.8 Å². The van der Waals surface area contributed by atoms with Crippen molar-refractivity contribution < 1.29 is 49.3 Å². The van der Waals surface area contributed by atoms with Gasteiger partial charge in [0, 0.05) is 6.07 Å². The molecule has 0 bridgehead atoms. The highest BCUT2D eigenvalue weighted by Crippen LogP contribution is 2.42. The molecule has 0 radical (unpaired) electrons. The van der Waals surface area contributed by atoms with E-state index < -0.39 is 60.3 Å². The van der Waals surface area contributed by atoms with Gasteiger partial charge in [0.1, 0.15) is 11.6 Å². The Labute approximate surface area is 192 Å². The molecule has 0 aromatic heterocycles. The lowest BCUT2D eigenvalue weighted by molar-refractivity contribution is -0.324. The molecule has 1 aliphatic carbocycles. The van der Waals surface area contributed by atoms with Gasteiger partial charge in [-0.05, 0) is 56.6 Å². The van der Waals surface area contributed by atoms with E-state index >= 15 is 0 Å². The first-order valence-electron chi connectivity index (χ1n) is 11.4. The first-order chi connectivity index (χ1) is 15.8. The van der Waals surface area contributed by atoms with Crippen LogP contribution in [0.1, 0.15) is 63.9 Å². The van der Waals surface area contributed by atoms with Crippen molar-refractivity contribution in [2.45, 2.75) is 88.9 Å². The van der Waals surface area contributed by atoms with Gasteiger partial charge in [0.2, 0.25) is 0 Å². The monoisotopic (exact) mass is 504 g/mol.